The molecule has 0 bridgehead atoms. The lowest BCUT2D eigenvalue weighted by atomic mass is 10.0. The molecule has 2 rings (SSSR count). The summed E-state index contributed by atoms with van der Waals surface area (Å²) in [5.41, 5.74) is 6.99. The highest BCUT2D eigenvalue weighted by Crippen LogP contribution is 2.27. The van der Waals surface area contributed by atoms with Gasteiger partial charge >= 0.3 is 0 Å². The average Bonchev–Trinajstić information content (AvgIpc) is 2.44. The Kier molecular flexibility index (Phi) is 4.92. The zero-order valence-electron chi connectivity index (χ0n) is 14.3. The van der Waals surface area contributed by atoms with E-state index >= 15 is 0 Å². The topological polar surface area (TPSA) is 18.5 Å². The van der Waals surface area contributed by atoms with Gasteiger partial charge in [-0.1, -0.05) is 12.2 Å². The van der Waals surface area contributed by atoms with Gasteiger partial charge in [-0.3, -0.25) is 0 Å². The van der Waals surface area contributed by atoms with E-state index < -0.39 is 0 Å². The van der Waals surface area contributed by atoms with Crippen molar-refractivity contribution >= 4 is 12.2 Å². The van der Waals surface area contributed by atoms with Crippen LogP contribution in [0.1, 0.15) is 33.4 Å². The second kappa shape index (κ2) is 6.69. The molecule has 0 atom stereocenters. The highest BCUT2D eigenvalue weighted by molar-refractivity contribution is 5.72. The second-order valence-corrected chi connectivity index (χ2v) is 5.71. The van der Waals surface area contributed by atoms with Crippen LogP contribution in [0.3, 0.4) is 0 Å². The predicted molar refractivity (Wildman–Crippen MR) is 93.9 cm³/mol. The van der Waals surface area contributed by atoms with Crippen molar-refractivity contribution in [2.75, 3.05) is 14.2 Å². The molecular weight excluding hydrogens is 272 g/mol. The van der Waals surface area contributed by atoms with Gasteiger partial charge in [0.25, 0.3) is 0 Å². The first-order chi connectivity index (χ1) is 10.5. The number of hydrogen-bond acceptors (Lipinski definition) is 2. The highest BCUT2D eigenvalue weighted by atomic mass is 16.5. The quantitative estimate of drug-likeness (QED) is 0.730. The lowest BCUT2D eigenvalue weighted by Crippen LogP contribution is -1.92. The van der Waals surface area contributed by atoms with E-state index in [1.54, 1.807) is 14.2 Å². The number of hydrogen-bond donors (Lipinski definition) is 0. The molecular formula is C20H24O2. The number of benzene rings is 2. The van der Waals surface area contributed by atoms with Crippen molar-refractivity contribution in [1.29, 1.82) is 0 Å². The lowest BCUT2D eigenvalue weighted by molar-refractivity contribution is 0.408. The maximum Gasteiger partial charge on any atom is 0.124 e. The number of aryl methyl sites for hydroxylation is 4. The summed E-state index contributed by atoms with van der Waals surface area (Å²) in [6.07, 6.45) is 4.28. The lowest BCUT2D eigenvalue weighted by Gasteiger charge is -2.10. The van der Waals surface area contributed by atoms with Crippen LogP contribution < -0.4 is 9.47 Å². The van der Waals surface area contributed by atoms with Crippen LogP contribution in [0.25, 0.3) is 12.2 Å². The minimum absolute atomic E-state index is 0.966. The molecule has 2 nitrogen and oxygen atoms in total. The van der Waals surface area contributed by atoms with Gasteiger partial charge in [-0.15, -0.1) is 0 Å². The fourth-order valence-electron chi connectivity index (χ4n) is 3.00. The van der Waals surface area contributed by atoms with Crippen LogP contribution in [0.15, 0.2) is 24.3 Å². The van der Waals surface area contributed by atoms with Gasteiger partial charge in [0.15, 0.2) is 0 Å². The third-order valence-corrected chi connectivity index (χ3v) is 3.84. The zero-order valence-corrected chi connectivity index (χ0v) is 14.3. The fraction of sp³-hybridized carbons (Fsp3) is 0.300. The summed E-state index contributed by atoms with van der Waals surface area (Å²) in [4.78, 5) is 0. The summed E-state index contributed by atoms with van der Waals surface area (Å²) in [6.45, 7) is 8.30. The van der Waals surface area contributed by atoms with Crippen molar-refractivity contribution in [1.82, 2.24) is 0 Å². The molecule has 0 N–H and O–H groups in total. The van der Waals surface area contributed by atoms with Crippen molar-refractivity contribution in [3.05, 3.63) is 57.6 Å². The van der Waals surface area contributed by atoms with Crippen molar-refractivity contribution in [3.8, 4) is 11.5 Å². The Hall–Kier alpha value is -2.22. The summed E-state index contributed by atoms with van der Waals surface area (Å²) in [5, 5.41) is 0. The van der Waals surface area contributed by atoms with Crippen LogP contribution in [-0.2, 0) is 0 Å². The highest BCUT2D eigenvalue weighted by Gasteiger charge is 2.05. The molecule has 2 aromatic carbocycles. The molecule has 22 heavy (non-hydrogen) atoms. The molecule has 0 heterocycles. The first-order valence-electron chi connectivity index (χ1n) is 7.44. The van der Waals surface area contributed by atoms with Crippen LogP contribution in [-0.4, -0.2) is 14.2 Å². The monoisotopic (exact) mass is 296 g/mol. The molecule has 2 heteroatoms. The zero-order chi connectivity index (χ0) is 16.3. The van der Waals surface area contributed by atoms with E-state index in [2.05, 4.69) is 64.1 Å². The maximum absolute atomic E-state index is 5.41. The first kappa shape index (κ1) is 16.2. The minimum atomic E-state index is 0.966. The Bertz CT molecular complexity index is 604. The largest absolute Gasteiger partial charge is 0.496 e. The Labute approximate surface area is 133 Å². The average molecular weight is 296 g/mol. The number of methoxy groups -OCH3 is 2. The summed E-state index contributed by atoms with van der Waals surface area (Å²) in [7, 11) is 3.43. The molecule has 0 fully saturated rings. The van der Waals surface area contributed by atoms with Gasteiger partial charge in [-0.25, -0.2) is 0 Å². The van der Waals surface area contributed by atoms with Crippen LogP contribution in [0.5, 0.6) is 11.5 Å². The van der Waals surface area contributed by atoms with Gasteiger partial charge in [0, 0.05) is 0 Å². The number of rotatable bonds is 4. The molecule has 0 aliphatic heterocycles. The van der Waals surface area contributed by atoms with Gasteiger partial charge in [0.05, 0.1) is 14.2 Å². The summed E-state index contributed by atoms with van der Waals surface area (Å²) in [5.74, 6) is 1.93. The summed E-state index contributed by atoms with van der Waals surface area (Å²) >= 11 is 0. The van der Waals surface area contributed by atoms with E-state index in [9.17, 15) is 0 Å². The van der Waals surface area contributed by atoms with Crippen molar-refractivity contribution in [2.24, 2.45) is 0 Å². The molecule has 0 saturated heterocycles. The van der Waals surface area contributed by atoms with E-state index in [1.807, 2.05) is 0 Å². The van der Waals surface area contributed by atoms with Crippen LogP contribution in [0.2, 0.25) is 0 Å². The molecule has 0 radical (unpaired) electrons. The van der Waals surface area contributed by atoms with Crippen LogP contribution in [0.4, 0.5) is 0 Å². The normalized spacial score (nSPS) is 11.0. The minimum Gasteiger partial charge on any atom is -0.496 e. The molecule has 0 saturated carbocycles. The summed E-state index contributed by atoms with van der Waals surface area (Å²) < 4.78 is 10.8. The Morgan fingerprint density at radius 1 is 0.591 bits per heavy atom. The molecule has 116 valence electrons. The molecule has 0 unspecified atom stereocenters. The molecule has 0 aliphatic rings. The van der Waals surface area contributed by atoms with Gasteiger partial charge in [-0.05, 0) is 85.3 Å². The third kappa shape index (κ3) is 3.33. The Morgan fingerprint density at radius 2 is 0.864 bits per heavy atom. The molecule has 0 aliphatic carbocycles. The molecule has 2 aromatic rings. The molecule has 0 aromatic heterocycles. The second-order valence-electron chi connectivity index (χ2n) is 5.71. The predicted octanol–water partition coefficient (Wildman–Crippen LogP) is 5.11. The van der Waals surface area contributed by atoms with E-state index in [4.69, 9.17) is 9.47 Å². The van der Waals surface area contributed by atoms with Crippen LogP contribution in [0, 0.1) is 27.7 Å². The number of ether oxygens (including phenoxy) is 2. The van der Waals surface area contributed by atoms with Crippen molar-refractivity contribution in [2.45, 2.75) is 27.7 Å². The summed E-state index contributed by atoms with van der Waals surface area (Å²) in [6, 6.07) is 8.58. The van der Waals surface area contributed by atoms with Crippen molar-refractivity contribution in [3.63, 3.8) is 0 Å². The Balaban J connectivity index is 2.33. The van der Waals surface area contributed by atoms with Gasteiger partial charge < -0.3 is 9.47 Å². The van der Waals surface area contributed by atoms with E-state index in [1.165, 1.54) is 11.1 Å². The standard InChI is InChI=1S/C20H24O2/c1-13-9-17(10-14(2)19(13)21-5)7-8-18-11-15(3)20(22-6)16(4)12-18/h7-12H,1-6H3/b8-7+. The SMILES string of the molecule is COc1c(C)cc(/C=C/c2cc(C)c(OC)c(C)c2)cc1C. The molecule has 0 spiro atoms. The first-order valence-corrected chi connectivity index (χ1v) is 7.44. The van der Waals surface area contributed by atoms with Crippen molar-refractivity contribution < 1.29 is 9.47 Å². The van der Waals surface area contributed by atoms with Gasteiger partial charge in [-0.2, -0.15) is 0 Å². The molecule has 0 amide bonds. The van der Waals surface area contributed by atoms with Gasteiger partial charge in [0.1, 0.15) is 11.5 Å². The van der Waals surface area contributed by atoms with E-state index in [-0.39, 0.29) is 0 Å². The third-order valence-electron chi connectivity index (χ3n) is 3.84. The Morgan fingerprint density at radius 3 is 1.09 bits per heavy atom. The van der Waals surface area contributed by atoms with E-state index in [0.717, 1.165) is 33.8 Å². The van der Waals surface area contributed by atoms with Gasteiger partial charge in [0.2, 0.25) is 0 Å². The maximum atomic E-state index is 5.41. The van der Waals surface area contributed by atoms with E-state index in [0.29, 0.717) is 0 Å². The van der Waals surface area contributed by atoms with Crippen LogP contribution >= 0.6 is 0 Å². The smallest absolute Gasteiger partial charge is 0.124 e. The fourth-order valence-corrected chi connectivity index (χ4v) is 3.00.